The normalized spacial score (nSPS) is 16.8. The van der Waals surface area contributed by atoms with Gasteiger partial charge in [0.1, 0.15) is 18.1 Å². The molecule has 1 aliphatic rings. The minimum atomic E-state index is -0.163. The van der Waals surface area contributed by atoms with Crippen molar-refractivity contribution < 1.29 is 13.9 Å². The van der Waals surface area contributed by atoms with Crippen LogP contribution >= 0.6 is 0 Å². The number of aryl methyl sites for hydroxylation is 2. The quantitative estimate of drug-likeness (QED) is 0.811. The first-order valence-corrected chi connectivity index (χ1v) is 8.89. The van der Waals surface area contributed by atoms with E-state index in [2.05, 4.69) is 23.6 Å². The molecule has 2 aromatic rings. The van der Waals surface area contributed by atoms with Gasteiger partial charge in [-0.1, -0.05) is 17.7 Å². The number of hydrogen-bond donors (Lipinski definition) is 2. The van der Waals surface area contributed by atoms with Crippen molar-refractivity contribution in [2.45, 2.75) is 33.3 Å². The maximum Gasteiger partial charge on any atom is 0.286 e. The van der Waals surface area contributed by atoms with Crippen LogP contribution in [0.25, 0.3) is 0 Å². The highest BCUT2D eigenvalue weighted by atomic mass is 16.5. The van der Waals surface area contributed by atoms with E-state index in [1.807, 2.05) is 19.1 Å². The van der Waals surface area contributed by atoms with Gasteiger partial charge in [0.2, 0.25) is 0 Å². The van der Waals surface area contributed by atoms with Gasteiger partial charge in [0.15, 0.2) is 5.76 Å². The molecule has 134 valence electrons. The molecule has 5 nitrogen and oxygen atoms in total. The highest BCUT2D eigenvalue weighted by molar-refractivity contribution is 5.91. The number of ether oxygens (including phenoxy) is 1. The lowest BCUT2D eigenvalue weighted by molar-refractivity contribution is 0.0920. The first-order chi connectivity index (χ1) is 12.1. The predicted octanol–water partition coefficient (Wildman–Crippen LogP) is 3.20. The maximum absolute atomic E-state index is 12.1. The van der Waals surface area contributed by atoms with E-state index in [-0.39, 0.29) is 5.91 Å². The summed E-state index contributed by atoms with van der Waals surface area (Å²) in [6.07, 6.45) is 2.19. The van der Waals surface area contributed by atoms with Crippen molar-refractivity contribution in [3.8, 4) is 5.75 Å². The first-order valence-electron chi connectivity index (χ1n) is 8.89. The van der Waals surface area contributed by atoms with Crippen LogP contribution in [0.4, 0.5) is 0 Å². The lowest BCUT2D eigenvalue weighted by Gasteiger charge is -2.09. The Morgan fingerprint density at radius 1 is 1.32 bits per heavy atom. The van der Waals surface area contributed by atoms with E-state index in [1.165, 1.54) is 12.0 Å². The van der Waals surface area contributed by atoms with Crippen molar-refractivity contribution in [1.82, 2.24) is 10.6 Å². The van der Waals surface area contributed by atoms with Gasteiger partial charge in [-0.15, -0.1) is 0 Å². The summed E-state index contributed by atoms with van der Waals surface area (Å²) in [5.74, 6) is 2.31. The van der Waals surface area contributed by atoms with E-state index >= 15 is 0 Å². The van der Waals surface area contributed by atoms with Crippen LogP contribution in [0.5, 0.6) is 5.75 Å². The van der Waals surface area contributed by atoms with E-state index in [4.69, 9.17) is 9.15 Å². The summed E-state index contributed by atoms with van der Waals surface area (Å²) >= 11 is 0. The molecule has 1 amide bonds. The summed E-state index contributed by atoms with van der Waals surface area (Å²) in [6.45, 7) is 7.20. The van der Waals surface area contributed by atoms with E-state index < -0.39 is 0 Å². The molecule has 0 saturated carbocycles. The molecule has 2 N–H and O–H groups in total. The second kappa shape index (κ2) is 8.21. The molecule has 25 heavy (non-hydrogen) atoms. The number of nitrogens with one attached hydrogen (secondary N) is 2. The van der Waals surface area contributed by atoms with Gasteiger partial charge in [-0.2, -0.15) is 0 Å². The molecule has 0 bridgehead atoms. The van der Waals surface area contributed by atoms with Crippen molar-refractivity contribution in [2.75, 3.05) is 19.6 Å². The van der Waals surface area contributed by atoms with Crippen LogP contribution < -0.4 is 15.4 Å². The molecule has 1 fully saturated rings. The average molecular weight is 342 g/mol. The molecule has 1 saturated heterocycles. The fraction of sp³-hybridized carbons (Fsp3) is 0.450. The SMILES string of the molecule is Cc1ccc(OCc2ccc(C(=O)NCCC3CCNC3)o2)c(C)c1. The van der Waals surface area contributed by atoms with Crippen LogP contribution in [-0.4, -0.2) is 25.5 Å². The topological polar surface area (TPSA) is 63.5 Å². The molecular weight excluding hydrogens is 316 g/mol. The number of furan rings is 1. The molecule has 1 unspecified atom stereocenters. The van der Waals surface area contributed by atoms with E-state index in [0.717, 1.165) is 30.8 Å². The number of carbonyl (C=O) groups is 1. The second-order valence-corrected chi connectivity index (χ2v) is 6.73. The van der Waals surface area contributed by atoms with Gasteiger partial charge in [-0.05, 0) is 69.5 Å². The molecule has 3 rings (SSSR count). The number of hydrogen-bond acceptors (Lipinski definition) is 4. The fourth-order valence-corrected chi connectivity index (χ4v) is 3.13. The van der Waals surface area contributed by atoms with Crippen LogP contribution in [0.15, 0.2) is 34.7 Å². The first kappa shape index (κ1) is 17.5. The van der Waals surface area contributed by atoms with Crippen molar-refractivity contribution in [1.29, 1.82) is 0 Å². The monoisotopic (exact) mass is 342 g/mol. The molecule has 0 spiro atoms. The zero-order valence-electron chi connectivity index (χ0n) is 14.9. The molecule has 1 aromatic carbocycles. The molecule has 1 aromatic heterocycles. The van der Waals surface area contributed by atoms with E-state index in [0.29, 0.717) is 30.6 Å². The van der Waals surface area contributed by atoms with Crippen molar-refractivity contribution in [3.05, 3.63) is 53.0 Å². The summed E-state index contributed by atoms with van der Waals surface area (Å²) in [5.41, 5.74) is 2.29. The Balaban J connectivity index is 1.46. The molecule has 0 radical (unpaired) electrons. The van der Waals surface area contributed by atoms with Crippen molar-refractivity contribution in [3.63, 3.8) is 0 Å². The van der Waals surface area contributed by atoms with Crippen LogP contribution in [-0.2, 0) is 6.61 Å². The Morgan fingerprint density at radius 3 is 2.96 bits per heavy atom. The van der Waals surface area contributed by atoms with Gasteiger partial charge in [-0.25, -0.2) is 0 Å². The molecular formula is C20H26N2O3. The summed E-state index contributed by atoms with van der Waals surface area (Å²) in [7, 11) is 0. The Hall–Kier alpha value is -2.27. The van der Waals surface area contributed by atoms with Gasteiger partial charge >= 0.3 is 0 Å². The minimum absolute atomic E-state index is 0.163. The Morgan fingerprint density at radius 2 is 2.20 bits per heavy atom. The Labute approximate surface area is 148 Å². The largest absolute Gasteiger partial charge is 0.485 e. The van der Waals surface area contributed by atoms with Crippen LogP contribution in [0.3, 0.4) is 0 Å². The number of benzene rings is 1. The molecule has 1 aliphatic heterocycles. The predicted molar refractivity (Wildman–Crippen MR) is 96.9 cm³/mol. The summed E-state index contributed by atoms with van der Waals surface area (Å²) in [4.78, 5) is 12.1. The van der Waals surface area contributed by atoms with Crippen LogP contribution in [0.1, 0.15) is 40.3 Å². The van der Waals surface area contributed by atoms with E-state index in [9.17, 15) is 4.79 Å². The van der Waals surface area contributed by atoms with Gasteiger partial charge in [0, 0.05) is 6.54 Å². The zero-order chi connectivity index (χ0) is 17.6. The standard InChI is InChI=1S/C20H26N2O3/c1-14-3-5-18(15(2)11-14)24-13-17-4-6-19(25-17)20(23)22-10-8-16-7-9-21-12-16/h3-6,11,16,21H,7-10,12-13H2,1-2H3,(H,22,23). The summed E-state index contributed by atoms with van der Waals surface area (Å²) in [5, 5.41) is 6.26. The molecule has 1 atom stereocenters. The Bertz CT molecular complexity index is 717. The third-order valence-electron chi connectivity index (χ3n) is 4.59. The lowest BCUT2D eigenvalue weighted by atomic mass is 10.1. The third kappa shape index (κ3) is 4.86. The van der Waals surface area contributed by atoms with Crippen molar-refractivity contribution in [2.24, 2.45) is 5.92 Å². The lowest BCUT2D eigenvalue weighted by Crippen LogP contribution is -2.26. The van der Waals surface area contributed by atoms with Gasteiger partial charge in [0.05, 0.1) is 0 Å². The highest BCUT2D eigenvalue weighted by Gasteiger charge is 2.16. The van der Waals surface area contributed by atoms with Gasteiger partial charge in [-0.3, -0.25) is 4.79 Å². The maximum atomic E-state index is 12.1. The van der Waals surface area contributed by atoms with Gasteiger partial charge in [0.25, 0.3) is 5.91 Å². The van der Waals surface area contributed by atoms with E-state index in [1.54, 1.807) is 12.1 Å². The average Bonchev–Trinajstić information content (AvgIpc) is 3.25. The van der Waals surface area contributed by atoms with Crippen LogP contribution in [0, 0.1) is 19.8 Å². The summed E-state index contributed by atoms with van der Waals surface area (Å²) in [6, 6.07) is 9.55. The molecule has 5 heteroatoms. The van der Waals surface area contributed by atoms with Crippen LogP contribution in [0.2, 0.25) is 0 Å². The number of rotatable bonds is 7. The molecule has 0 aliphatic carbocycles. The number of amides is 1. The fourth-order valence-electron chi connectivity index (χ4n) is 3.13. The molecule has 2 heterocycles. The number of carbonyl (C=O) groups excluding carboxylic acids is 1. The summed E-state index contributed by atoms with van der Waals surface area (Å²) < 4.78 is 11.4. The van der Waals surface area contributed by atoms with Crippen molar-refractivity contribution >= 4 is 5.91 Å². The highest BCUT2D eigenvalue weighted by Crippen LogP contribution is 2.20. The van der Waals surface area contributed by atoms with Gasteiger partial charge < -0.3 is 19.8 Å². The second-order valence-electron chi connectivity index (χ2n) is 6.73. The Kier molecular flexibility index (Phi) is 5.76. The third-order valence-corrected chi connectivity index (χ3v) is 4.59. The minimum Gasteiger partial charge on any atom is -0.485 e. The zero-order valence-corrected chi connectivity index (χ0v) is 14.9. The smallest absolute Gasteiger partial charge is 0.286 e.